The molecular weight excluding hydrogens is 244 g/mol. The molecule has 1 aromatic rings. The highest BCUT2D eigenvalue weighted by Gasteiger charge is 2.39. The van der Waals surface area contributed by atoms with Crippen molar-refractivity contribution in [3.63, 3.8) is 0 Å². The third-order valence-corrected chi connectivity index (χ3v) is 3.82. The van der Waals surface area contributed by atoms with Gasteiger partial charge in [0.1, 0.15) is 5.69 Å². The van der Waals surface area contributed by atoms with Crippen molar-refractivity contribution < 1.29 is 14.7 Å². The minimum absolute atomic E-state index is 0.00616. The first-order chi connectivity index (χ1) is 8.90. The summed E-state index contributed by atoms with van der Waals surface area (Å²) in [4.78, 5) is 26.7. The summed E-state index contributed by atoms with van der Waals surface area (Å²) in [5.41, 5.74) is 0.537. The average Bonchev–Trinajstić information content (AvgIpc) is 2.69. The molecule has 1 aliphatic carbocycles. The number of aromatic carboxylic acids is 1. The van der Waals surface area contributed by atoms with Crippen molar-refractivity contribution >= 4 is 17.6 Å². The maximum atomic E-state index is 12.2. The van der Waals surface area contributed by atoms with Crippen molar-refractivity contribution in [2.24, 2.45) is 11.3 Å². The van der Waals surface area contributed by atoms with Gasteiger partial charge in [0.25, 0.3) is 0 Å². The number of carboxylic acid groups (broad SMARTS) is 1. The van der Waals surface area contributed by atoms with Crippen LogP contribution in [0.2, 0.25) is 0 Å². The fourth-order valence-corrected chi connectivity index (χ4v) is 2.64. The first kappa shape index (κ1) is 13.5. The number of carboxylic acids is 1. The molecular formula is C14H18N2O3. The summed E-state index contributed by atoms with van der Waals surface area (Å²) >= 11 is 0. The fraction of sp³-hybridized carbons (Fsp3) is 0.500. The van der Waals surface area contributed by atoms with Gasteiger partial charge in [0, 0.05) is 5.92 Å². The minimum Gasteiger partial charge on any atom is -0.477 e. The van der Waals surface area contributed by atoms with Crippen molar-refractivity contribution in [3.05, 3.63) is 24.0 Å². The number of nitrogens with zero attached hydrogens (tertiary/aromatic N) is 1. The van der Waals surface area contributed by atoms with Gasteiger partial charge < -0.3 is 10.4 Å². The lowest BCUT2D eigenvalue weighted by molar-refractivity contribution is -0.122. The molecule has 102 valence electrons. The van der Waals surface area contributed by atoms with Crippen LogP contribution < -0.4 is 5.32 Å². The summed E-state index contributed by atoms with van der Waals surface area (Å²) in [5.74, 6) is -1.08. The molecule has 1 unspecified atom stereocenters. The van der Waals surface area contributed by atoms with Gasteiger partial charge in [-0.1, -0.05) is 20.3 Å². The number of amides is 1. The summed E-state index contributed by atoms with van der Waals surface area (Å²) in [5, 5.41) is 11.6. The van der Waals surface area contributed by atoms with Gasteiger partial charge in [-0.3, -0.25) is 4.79 Å². The zero-order valence-electron chi connectivity index (χ0n) is 11.1. The van der Waals surface area contributed by atoms with E-state index in [4.69, 9.17) is 5.11 Å². The van der Waals surface area contributed by atoms with Gasteiger partial charge in [-0.25, -0.2) is 9.78 Å². The number of hydrogen-bond acceptors (Lipinski definition) is 3. The highest BCUT2D eigenvalue weighted by atomic mass is 16.4. The van der Waals surface area contributed by atoms with Crippen molar-refractivity contribution in [2.45, 2.75) is 33.1 Å². The monoisotopic (exact) mass is 262 g/mol. The van der Waals surface area contributed by atoms with E-state index in [-0.39, 0.29) is 22.9 Å². The summed E-state index contributed by atoms with van der Waals surface area (Å²) in [7, 11) is 0. The topological polar surface area (TPSA) is 79.3 Å². The molecule has 2 N–H and O–H groups in total. The van der Waals surface area contributed by atoms with Crippen LogP contribution in [0.4, 0.5) is 5.69 Å². The number of anilines is 1. The molecule has 1 heterocycles. The molecule has 2 rings (SSSR count). The molecule has 1 aliphatic rings. The Balaban J connectivity index is 2.05. The van der Waals surface area contributed by atoms with Gasteiger partial charge in [0.05, 0.1) is 11.9 Å². The first-order valence-electron chi connectivity index (χ1n) is 6.40. The number of rotatable bonds is 3. The number of pyridine rings is 1. The molecule has 19 heavy (non-hydrogen) atoms. The van der Waals surface area contributed by atoms with Crippen LogP contribution in [-0.2, 0) is 4.79 Å². The van der Waals surface area contributed by atoms with Crippen LogP contribution in [-0.4, -0.2) is 22.0 Å². The maximum Gasteiger partial charge on any atom is 0.354 e. The van der Waals surface area contributed by atoms with E-state index in [1.54, 1.807) is 6.07 Å². The lowest BCUT2D eigenvalue weighted by Crippen LogP contribution is -2.30. The molecule has 5 heteroatoms. The van der Waals surface area contributed by atoms with Crippen molar-refractivity contribution in [3.8, 4) is 0 Å². The average molecular weight is 262 g/mol. The molecule has 0 aliphatic heterocycles. The molecule has 1 saturated carbocycles. The Hall–Kier alpha value is -1.91. The van der Waals surface area contributed by atoms with Gasteiger partial charge in [0.2, 0.25) is 5.91 Å². The first-order valence-corrected chi connectivity index (χ1v) is 6.40. The third-order valence-electron chi connectivity index (χ3n) is 3.82. The number of carbonyl (C=O) groups excluding carboxylic acids is 1. The van der Waals surface area contributed by atoms with E-state index in [1.807, 2.05) is 0 Å². The molecule has 0 radical (unpaired) electrons. The second kappa shape index (κ2) is 4.99. The van der Waals surface area contributed by atoms with E-state index in [0.717, 1.165) is 19.3 Å². The van der Waals surface area contributed by atoms with Crippen molar-refractivity contribution in [1.29, 1.82) is 0 Å². The van der Waals surface area contributed by atoms with E-state index in [2.05, 4.69) is 24.1 Å². The van der Waals surface area contributed by atoms with Gasteiger partial charge in [-0.15, -0.1) is 0 Å². The third kappa shape index (κ3) is 2.92. The quantitative estimate of drug-likeness (QED) is 0.877. The number of aromatic nitrogens is 1. The van der Waals surface area contributed by atoms with E-state index >= 15 is 0 Å². The summed E-state index contributed by atoms with van der Waals surface area (Å²) in [6, 6.07) is 2.95. The van der Waals surface area contributed by atoms with E-state index in [0.29, 0.717) is 5.69 Å². The van der Waals surface area contributed by atoms with Crippen LogP contribution in [0.1, 0.15) is 43.6 Å². The molecule has 0 saturated heterocycles. The molecule has 0 spiro atoms. The second-order valence-corrected chi connectivity index (χ2v) is 5.66. The van der Waals surface area contributed by atoms with E-state index < -0.39 is 5.97 Å². The molecule has 1 atom stereocenters. The second-order valence-electron chi connectivity index (χ2n) is 5.66. The standard InChI is InChI=1S/C14H18N2O3/c1-14(2)7-3-4-10(14)12(17)16-9-5-6-11(13(18)19)15-8-9/h5-6,8,10H,3-4,7H2,1-2H3,(H,16,17)(H,18,19). The fourth-order valence-electron chi connectivity index (χ4n) is 2.64. The summed E-state index contributed by atoms with van der Waals surface area (Å²) in [6.07, 6.45) is 4.41. The highest BCUT2D eigenvalue weighted by Crippen LogP contribution is 2.42. The van der Waals surface area contributed by atoms with Gasteiger partial charge in [-0.05, 0) is 30.4 Å². The predicted molar refractivity (Wildman–Crippen MR) is 70.9 cm³/mol. The Morgan fingerprint density at radius 2 is 2.16 bits per heavy atom. The van der Waals surface area contributed by atoms with Gasteiger partial charge in [-0.2, -0.15) is 0 Å². The molecule has 1 aromatic heterocycles. The van der Waals surface area contributed by atoms with E-state index in [1.165, 1.54) is 12.3 Å². The van der Waals surface area contributed by atoms with Gasteiger partial charge in [0.15, 0.2) is 0 Å². The molecule has 5 nitrogen and oxygen atoms in total. The van der Waals surface area contributed by atoms with E-state index in [9.17, 15) is 9.59 Å². The van der Waals surface area contributed by atoms with Crippen LogP contribution in [0.5, 0.6) is 0 Å². The Bertz CT molecular complexity index is 494. The Morgan fingerprint density at radius 3 is 2.63 bits per heavy atom. The Kier molecular flexibility index (Phi) is 3.55. The van der Waals surface area contributed by atoms with Crippen LogP contribution in [0.3, 0.4) is 0 Å². The Morgan fingerprint density at radius 1 is 1.42 bits per heavy atom. The zero-order chi connectivity index (χ0) is 14.0. The lowest BCUT2D eigenvalue weighted by Gasteiger charge is -2.25. The molecule has 1 amide bonds. The van der Waals surface area contributed by atoms with Crippen LogP contribution in [0, 0.1) is 11.3 Å². The Labute approximate surface area is 112 Å². The normalized spacial score (nSPS) is 21.1. The van der Waals surface area contributed by atoms with Crippen molar-refractivity contribution in [2.75, 3.05) is 5.32 Å². The largest absolute Gasteiger partial charge is 0.477 e. The number of nitrogens with one attached hydrogen (secondary N) is 1. The molecule has 0 bridgehead atoms. The zero-order valence-corrected chi connectivity index (χ0v) is 11.1. The minimum atomic E-state index is -1.07. The number of carbonyl (C=O) groups is 2. The van der Waals surface area contributed by atoms with Crippen LogP contribution in [0.15, 0.2) is 18.3 Å². The molecule has 0 aromatic carbocycles. The summed E-state index contributed by atoms with van der Waals surface area (Å²) < 4.78 is 0. The lowest BCUT2D eigenvalue weighted by atomic mass is 9.81. The maximum absolute atomic E-state index is 12.2. The summed E-state index contributed by atoms with van der Waals surface area (Å²) in [6.45, 7) is 4.21. The van der Waals surface area contributed by atoms with Crippen LogP contribution in [0.25, 0.3) is 0 Å². The van der Waals surface area contributed by atoms with Crippen molar-refractivity contribution in [1.82, 2.24) is 4.98 Å². The number of hydrogen-bond donors (Lipinski definition) is 2. The van der Waals surface area contributed by atoms with Gasteiger partial charge >= 0.3 is 5.97 Å². The molecule has 1 fully saturated rings. The smallest absolute Gasteiger partial charge is 0.354 e. The SMILES string of the molecule is CC1(C)CCCC1C(=O)Nc1ccc(C(=O)O)nc1. The highest BCUT2D eigenvalue weighted by molar-refractivity contribution is 5.93. The predicted octanol–water partition coefficient (Wildman–Crippen LogP) is 2.54. The van der Waals surface area contributed by atoms with Crippen LogP contribution >= 0.6 is 0 Å².